The number of aliphatic hydroxyl groups is 1. The van der Waals surface area contributed by atoms with E-state index in [9.17, 15) is 4.79 Å². The molecule has 0 saturated heterocycles. The molecule has 3 N–H and O–H groups in total. The number of carbonyl (C=O) groups is 1. The van der Waals surface area contributed by atoms with Crippen LogP contribution in [0.5, 0.6) is 0 Å². The maximum absolute atomic E-state index is 11.5. The highest BCUT2D eigenvalue weighted by molar-refractivity contribution is 5.75. The van der Waals surface area contributed by atoms with E-state index in [2.05, 4.69) is 31.4 Å². The maximum atomic E-state index is 11.5. The van der Waals surface area contributed by atoms with Crippen molar-refractivity contribution in [1.29, 1.82) is 0 Å². The van der Waals surface area contributed by atoms with Crippen LogP contribution in [0.4, 0.5) is 4.79 Å². The van der Waals surface area contributed by atoms with Gasteiger partial charge in [-0.05, 0) is 26.2 Å². The van der Waals surface area contributed by atoms with Crippen LogP contribution in [0.1, 0.15) is 41.5 Å². The molecule has 0 unspecified atom stereocenters. The van der Waals surface area contributed by atoms with Gasteiger partial charge in [0.2, 0.25) is 0 Å². The molecule has 0 rings (SSSR count). The summed E-state index contributed by atoms with van der Waals surface area (Å²) in [6.07, 6.45) is 1.70. The van der Waals surface area contributed by atoms with Crippen molar-refractivity contribution < 1.29 is 9.90 Å². The van der Waals surface area contributed by atoms with Crippen molar-refractivity contribution in [2.24, 2.45) is 5.41 Å². The molecule has 94 valence electrons. The van der Waals surface area contributed by atoms with Gasteiger partial charge in [-0.25, -0.2) is 4.79 Å². The molecule has 0 aromatic rings. The van der Waals surface area contributed by atoms with E-state index in [1.807, 2.05) is 6.92 Å². The van der Waals surface area contributed by atoms with Crippen molar-refractivity contribution in [3.05, 3.63) is 11.8 Å². The number of hydrogen-bond acceptors (Lipinski definition) is 2. The van der Waals surface area contributed by atoms with Gasteiger partial charge in [-0.3, -0.25) is 0 Å². The van der Waals surface area contributed by atoms with Crippen LogP contribution in [0.25, 0.3) is 0 Å². The van der Waals surface area contributed by atoms with Gasteiger partial charge in [0, 0.05) is 6.20 Å². The summed E-state index contributed by atoms with van der Waals surface area (Å²) < 4.78 is 0. The van der Waals surface area contributed by atoms with Crippen molar-refractivity contribution in [1.82, 2.24) is 10.6 Å². The summed E-state index contributed by atoms with van der Waals surface area (Å²) in [5, 5.41) is 14.3. The Balaban J connectivity index is 4.29. The Morgan fingerprint density at radius 3 is 2.12 bits per heavy atom. The lowest BCUT2D eigenvalue weighted by atomic mass is 9.88. The van der Waals surface area contributed by atoms with Crippen LogP contribution in [0, 0.1) is 5.41 Å². The number of aliphatic hydroxyl groups excluding tert-OH is 1. The first-order chi connectivity index (χ1) is 7.08. The number of carbonyl (C=O) groups excluding carboxylic acids is 1. The Morgan fingerprint density at radius 1 is 1.25 bits per heavy atom. The first-order valence-electron chi connectivity index (χ1n) is 5.45. The molecule has 16 heavy (non-hydrogen) atoms. The summed E-state index contributed by atoms with van der Waals surface area (Å²) in [6.45, 7) is 11.6. The maximum Gasteiger partial charge on any atom is 0.319 e. The van der Waals surface area contributed by atoms with Crippen molar-refractivity contribution in [3.8, 4) is 0 Å². The zero-order valence-corrected chi connectivity index (χ0v) is 11.1. The Labute approximate surface area is 98.1 Å². The van der Waals surface area contributed by atoms with Crippen molar-refractivity contribution in [2.45, 2.75) is 47.1 Å². The van der Waals surface area contributed by atoms with Gasteiger partial charge in [0.1, 0.15) is 0 Å². The lowest BCUT2D eigenvalue weighted by Gasteiger charge is -2.24. The molecule has 4 nitrogen and oxygen atoms in total. The van der Waals surface area contributed by atoms with Crippen LogP contribution in [-0.2, 0) is 0 Å². The van der Waals surface area contributed by atoms with Gasteiger partial charge >= 0.3 is 6.03 Å². The monoisotopic (exact) mass is 228 g/mol. The molecule has 0 fully saturated rings. The molecule has 0 aromatic carbocycles. The smallest absolute Gasteiger partial charge is 0.319 e. The van der Waals surface area contributed by atoms with E-state index in [0.717, 1.165) is 5.57 Å². The first-order valence-corrected chi connectivity index (χ1v) is 5.45. The highest BCUT2D eigenvalue weighted by atomic mass is 16.3. The molecule has 2 amide bonds. The van der Waals surface area contributed by atoms with Gasteiger partial charge in [0.05, 0.1) is 12.1 Å². The zero-order chi connectivity index (χ0) is 13.0. The minimum atomic E-state index is -0.604. The van der Waals surface area contributed by atoms with E-state index < -0.39 is 5.54 Å². The fourth-order valence-corrected chi connectivity index (χ4v) is 0.773. The molecule has 0 aromatic heterocycles. The molecule has 0 spiro atoms. The van der Waals surface area contributed by atoms with Crippen LogP contribution >= 0.6 is 0 Å². The van der Waals surface area contributed by atoms with Crippen LogP contribution in [0.15, 0.2) is 11.8 Å². The molecule has 0 heterocycles. The van der Waals surface area contributed by atoms with Gasteiger partial charge in [-0.15, -0.1) is 0 Å². The quantitative estimate of drug-likeness (QED) is 0.692. The predicted molar refractivity (Wildman–Crippen MR) is 66.0 cm³/mol. The SMILES string of the molecule is C/C(=C\NC(=O)NC(C)(C)CO)C(C)(C)C. The highest BCUT2D eigenvalue weighted by Gasteiger charge is 2.18. The average molecular weight is 228 g/mol. The summed E-state index contributed by atoms with van der Waals surface area (Å²) in [6, 6.07) is -0.303. The zero-order valence-electron chi connectivity index (χ0n) is 11.1. The van der Waals surface area contributed by atoms with E-state index in [1.165, 1.54) is 0 Å². The second-order valence-corrected chi connectivity index (χ2v) is 5.72. The number of urea groups is 1. The molecular formula is C12H24N2O2. The molecule has 0 aliphatic carbocycles. The Kier molecular flexibility index (Phi) is 5.00. The minimum Gasteiger partial charge on any atom is -0.394 e. The number of nitrogens with one attached hydrogen (secondary N) is 2. The Hall–Kier alpha value is -1.03. The van der Waals surface area contributed by atoms with Crippen molar-refractivity contribution in [3.63, 3.8) is 0 Å². The second-order valence-electron chi connectivity index (χ2n) is 5.72. The molecule has 4 heteroatoms. The standard InChI is InChI=1S/C12H24N2O2/c1-9(11(2,3)4)7-13-10(16)14-12(5,6)8-15/h7,15H,8H2,1-6H3,(H2,13,14,16)/b9-7+. The largest absolute Gasteiger partial charge is 0.394 e. The molecule has 0 aliphatic rings. The summed E-state index contributed by atoms with van der Waals surface area (Å²) >= 11 is 0. The Bertz CT molecular complexity index is 275. The molecule has 0 radical (unpaired) electrons. The number of amides is 2. The topological polar surface area (TPSA) is 61.4 Å². The van der Waals surface area contributed by atoms with Crippen LogP contribution in [-0.4, -0.2) is 23.3 Å². The predicted octanol–water partition coefficient (Wildman–Crippen LogP) is 2.01. The third-order valence-corrected chi connectivity index (χ3v) is 2.45. The highest BCUT2D eigenvalue weighted by Crippen LogP contribution is 2.23. The number of hydrogen-bond donors (Lipinski definition) is 3. The molecule has 0 aliphatic heterocycles. The lowest BCUT2D eigenvalue weighted by Crippen LogP contribution is -2.49. The third kappa shape index (κ3) is 5.75. The summed E-state index contributed by atoms with van der Waals surface area (Å²) in [7, 11) is 0. The van der Waals surface area contributed by atoms with Gasteiger partial charge in [0.25, 0.3) is 0 Å². The van der Waals surface area contributed by atoms with Gasteiger partial charge in [-0.1, -0.05) is 26.3 Å². The van der Waals surface area contributed by atoms with Gasteiger partial charge in [0.15, 0.2) is 0 Å². The van der Waals surface area contributed by atoms with Crippen molar-refractivity contribution >= 4 is 6.03 Å². The number of allylic oxidation sites excluding steroid dienone is 1. The molecular weight excluding hydrogens is 204 g/mol. The fourth-order valence-electron chi connectivity index (χ4n) is 0.773. The minimum absolute atomic E-state index is 0.0414. The Morgan fingerprint density at radius 2 is 1.75 bits per heavy atom. The van der Waals surface area contributed by atoms with E-state index in [-0.39, 0.29) is 18.1 Å². The van der Waals surface area contributed by atoms with Crippen LogP contribution < -0.4 is 10.6 Å². The summed E-state index contributed by atoms with van der Waals surface area (Å²) in [4.78, 5) is 11.5. The molecule has 0 bridgehead atoms. The lowest BCUT2D eigenvalue weighted by molar-refractivity contribution is 0.183. The normalized spacial score (nSPS) is 13.6. The van der Waals surface area contributed by atoms with Gasteiger partial charge in [-0.2, -0.15) is 0 Å². The van der Waals surface area contributed by atoms with Crippen molar-refractivity contribution in [2.75, 3.05) is 6.61 Å². The molecule has 0 saturated carbocycles. The average Bonchev–Trinajstić information content (AvgIpc) is 2.12. The number of rotatable bonds is 3. The second kappa shape index (κ2) is 5.34. The van der Waals surface area contributed by atoms with E-state index in [4.69, 9.17) is 5.11 Å². The summed E-state index contributed by atoms with van der Waals surface area (Å²) in [5.74, 6) is 0. The van der Waals surface area contributed by atoms with E-state index in [0.29, 0.717) is 0 Å². The van der Waals surface area contributed by atoms with Crippen LogP contribution in [0.3, 0.4) is 0 Å². The molecule has 0 atom stereocenters. The fraction of sp³-hybridized carbons (Fsp3) is 0.750. The van der Waals surface area contributed by atoms with Gasteiger partial charge < -0.3 is 15.7 Å². The van der Waals surface area contributed by atoms with E-state index >= 15 is 0 Å². The summed E-state index contributed by atoms with van der Waals surface area (Å²) in [5.41, 5.74) is 0.525. The first kappa shape index (κ1) is 15.0. The van der Waals surface area contributed by atoms with E-state index in [1.54, 1.807) is 20.0 Å². The third-order valence-electron chi connectivity index (χ3n) is 2.45. The van der Waals surface area contributed by atoms with Crippen LogP contribution in [0.2, 0.25) is 0 Å².